The predicted molar refractivity (Wildman–Crippen MR) is 72.2 cm³/mol. The highest BCUT2D eigenvalue weighted by Crippen LogP contribution is 2.13. The Morgan fingerprint density at radius 1 is 1.44 bits per heavy atom. The second-order valence-corrected chi connectivity index (χ2v) is 4.80. The normalized spacial score (nSPS) is 12.7. The first-order chi connectivity index (χ1) is 8.54. The molecule has 0 aliphatic rings. The Balaban J connectivity index is 2.48. The largest absolute Gasteiger partial charge is 0.330 e. The second-order valence-electron chi connectivity index (χ2n) is 4.80. The first kappa shape index (κ1) is 14.6. The standard InChI is InChI=1S/C13H21N3O2/c1-10(2)12(7-14)9-15-8-11-4-3-5-13(6-11)16(17)18/h3-6,10,12,15H,7-9,14H2,1-2H3. The molecular weight excluding hydrogens is 230 g/mol. The van der Waals surface area contributed by atoms with E-state index in [9.17, 15) is 10.1 Å². The van der Waals surface area contributed by atoms with Gasteiger partial charge in [0.05, 0.1) is 4.92 Å². The fourth-order valence-corrected chi connectivity index (χ4v) is 1.77. The molecule has 0 fully saturated rings. The monoisotopic (exact) mass is 251 g/mol. The summed E-state index contributed by atoms with van der Waals surface area (Å²) in [5.74, 6) is 0.969. The first-order valence-corrected chi connectivity index (χ1v) is 6.18. The van der Waals surface area contributed by atoms with Crippen molar-refractivity contribution in [2.75, 3.05) is 13.1 Å². The van der Waals surface area contributed by atoms with Crippen LogP contribution in [0.2, 0.25) is 0 Å². The van der Waals surface area contributed by atoms with Crippen LogP contribution in [0.5, 0.6) is 0 Å². The molecule has 0 bridgehead atoms. The third-order valence-corrected chi connectivity index (χ3v) is 3.10. The molecule has 0 spiro atoms. The summed E-state index contributed by atoms with van der Waals surface area (Å²) in [7, 11) is 0. The average Bonchev–Trinajstić information content (AvgIpc) is 2.34. The van der Waals surface area contributed by atoms with Gasteiger partial charge in [-0.05, 0) is 30.5 Å². The number of hydrogen-bond donors (Lipinski definition) is 2. The Bertz CT molecular complexity index is 394. The van der Waals surface area contributed by atoms with Gasteiger partial charge in [0.25, 0.3) is 5.69 Å². The lowest BCUT2D eigenvalue weighted by molar-refractivity contribution is -0.384. The molecule has 100 valence electrons. The highest BCUT2D eigenvalue weighted by Gasteiger charge is 2.11. The third kappa shape index (κ3) is 4.43. The summed E-state index contributed by atoms with van der Waals surface area (Å²) in [5.41, 5.74) is 6.74. The van der Waals surface area contributed by atoms with Gasteiger partial charge in [-0.2, -0.15) is 0 Å². The van der Waals surface area contributed by atoms with E-state index in [2.05, 4.69) is 19.2 Å². The van der Waals surface area contributed by atoms with Crippen molar-refractivity contribution in [2.24, 2.45) is 17.6 Å². The summed E-state index contributed by atoms with van der Waals surface area (Å²) >= 11 is 0. The zero-order valence-electron chi connectivity index (χ0n) is 10.9. The molecule has 1 unspecified atom stereocenters. The topological polar surface area (TPSA) is 81.2 Å². The maximum absolute atomic E-state index is 10.6. The Morgan fingerprint density at radius 2 is 2.17 bits per heavy atom. The van der Waals surface area contributed by atoms with Gasteiger partial charge in [0.15, 0.2) is 0 Å². The molecule has 1 aromatic rings. The average molecular weight is 251 g/mol. The molecule has 0 saturated heterocycles. The number of non-ortho nitro benzene ring substituents is 1. The molecule has 0 aromatic heterocycles. The van der Waals surface area contributed by atoms with E-state index in [0.29, 0.717) is 24.9 Å². The smallest absolute Gasteiger partial charge is 0.269 e. The van der Waals surface area contributed by atoms with Crippen LogP contribution in [0.25, 0.3) is 0 Å². The number of nitrogens with zero attached hydrogens (tertiary/aromatic N) is 1. The molecule has 3 N–H and O–H groups in total. The zero-order valence-corrected chi connectivity index (χ0v) is 10.9. The summed E-state index contributed by atoms with van der Waals surface area (Å²) in [4.78, 5) is 10.3. The van der Waals surface area contributed by atoms with Crippen molar-refractivity contribution in [1.82, 2.24) is 5.32 Å². The second kappa shape index (κ2) is 7.08. The van der Waals surface area contributed by atoms with E-state index in [0.717, 1.165) is 12.1 Å². The van der Waals surface area contributed by atoms with Gasteiger partial charge < -0.3 is 11.1 Å². The van der Waals surface area contributed by atoms with E-state index < -0.39 is 0 Å². The van der Waals surface area contributed by atoms with E-state index in [1.54, 1.807) is 12.1 Å². The quantitative estimate of drug-likeness (QED) is 0.573. The van der Waals surface area contributed by atoms with Gasteiger partial charge in [0.1, 0.15) is 0 Å². The molecule has 5 heteroatoms. The lowest BCUT2D eigenvalue weighted by Gasteiger charge is -2.19. The van der Waals surface area contributed by atoms with Gasteiger partial charge in [-0.3, -0.25) is 10.1 Å². The Morgan fingerprint density at radius 3 is 2.72 bits per heavy atom. The summed E-state index contributed by atoms with van der Waals surface area (Å²) < 4.78 is 0. The van der Waals surface area contributed by atoms with Crippen LogP contribution in [0.1, 0.15) is 19.4 Å². The van der Waals surface area contributed by atoms with Gasteiger partial charge in [0.2, 0.25) is 0 Å². The number of rotatable bonds is 7. The Kier molecular flexibility index (Phi) is 5.74. The molecule has 0 aliphatic heterocycles. The molecule has 0 amide bonds. The lowest BCUT2D eigenvalue weighted by atomic mass is 9.96. The molecule has 5 nitrogen and oxygen atoms in total. The van der Waals surface area contributed by atoms with Crippen LogP contribution in [0, 0.1) is 22.0 Å². The molecule has 0 saturated carbocycles. The van der Waals surface area contributed by atoms with E-state index in [4.69, 9.17) is 5.73 Å². The highest BCUT2D eigenvalue weighted by molar-refractivity contribution is 5.34. The maximum atomic E-state index is 10.6. The highest BCUT2D eigenvalue weighted by atomic mass is 16.6. The van der Waals surface area contributed by atoms with Crippen LogP contribution in [0.15, 0.2) is 24.3 Å². The minimum Gasteiger partial charge on any atom is -0.330 e. The number of nitro benzene ring substituents is 1. The van der Waals surface area contributed by atoms with Crippen LogP contribution >= 0.6 is 0 Å². The minimum absolute atomic E-state index is 0.133. The molecule has 0 heterocycles. The van der Waals surface area contributed by atoms with Crippen molar-refractivity contribution in [3.05, 3.63) is 39.9 Å². The summed E-state index contributed by atoms with van der Waals surface area (Å²) in [5, 5.41) is 13.9. The summed E-state index contributed by atoms with van der Waals surface area (Å²) in [6.45, 7) is 6.40. The maximum Gasteiger partial charge on any atom is 0.269 e. The SMILES string of the molecule is CC(C)C(CN)CNCc1cccc([N+](=O)[O-])c1. The summed E-state index contributed by atoms with van der Waals surface area (Å²) in [6, 6.07) is 6.69. The van der Waals surface area contributed by atoms with Gasteiger partial charge in [-0.15, -0.1) is 0 Å². The zero-order chi connectivity index (χ0) is 13.5. The molecule has 18 heavy (non-hydrogen) atoms. The predicted octanol–water partition coefficient (Wildman–Crippen LogP) is 1.92. The minimum atomic E-state index is -0.375. The molecule has 1 atom stereocenters. The van der Waals surface area contributed by atoms with Crippen molar-refractivity contribution in [3.63, 3.8) is 0 Å². The van der Waals surface area contributed by atoms with Crippen LogP contribution in [-0.4, -0.2) is 18.0 Å². The van der Waals surface area contributed by atoms with Crippen molar-refractivity contribution >= 4 is 5.69 Å². The van der Waals surface area contributed by atoms with E-state index in [1.165, 1.54) is 6.07 Å². The molecule has 1 rings (SSSR count). The van der Waals surface area contributed by atoms with Crippen molar-refractivity contribution in [2.45, 2.75) is 20.4 Å². The van der Waals surface area contributed by atoms with Gasteiger partial charge >= 0.3 is 0 Å². The summed E-state index contributed by atoms with van der Waals surface area (Å²) in [6.07, 6.45) is 0. The number of hydrogen-bond acceptors (Lipinski definition) is 4. The van der Waals surface area contributed by atoms with Crippen LogP contribution in [0.4, 0.5) is 5.69 Å². The van der Waals surface area contributed by atoms with Crippen molar-refractivity contribution in [1.29, 1.82) is 0 Å². The van der Waals surface area contributed by atoms with Gasteiger partial charge in [0, 0.05) is 18.7 Å². The van der Waals surface area contributed by atoms with Gasteiger partial charge in [-0.1, -0.05) is 26.0 Å². The number of benzene rings is 1. The molecule has 0 radical (unpaired) electrons. The van der Waals surface area contributed by atoms with E-state index >= 15 is 0 Å². The number of nitro groups is 1. The van der Waals surface area contributed by atoms with Crippen molar-refractivity contribution in [3.8, 4) is 0 Å². The number of nitrogens with one attached hydrogen (secondary N) is 1. The van der Waals surface area contributed by atoms with Gasteiger partial charge in [-0.25, -0.2) is 0 Å². The third-order valence-electron chi connectivity index (χ3n) is 3.10. The lowest BCUT2D eigenvalue weighted by Crippen LogP contribution is -2.31. The molecular formula is C13H21N3O2. The fourth-order valence-electron chi connectivity index (χ4n) is 1.77. The molecule has 0 aliphatic carbocycles. The van der Waals surface area contributed by atoms with E-state index in [1.807, 2.05) is 6.07 Å². The van der Waals surface area contributed by atoms with Crippen LogP contribution < -0.4 is 11.1 Å². The Labute approximate surface area is 108 Å². The number of nitrogens with two attached hydrogens (primary N) is 1. The fraction of sp³-hybridized carbons (Fsp3) is 0.538. The van der Waals surface area contributed by atoms with E-state index in [-0.39, 0.29) is 10.6 Å². The van der Waals surface area contributed by atoms with Crippen molar-refractivity contribution < 1.29 is 4.92 Å². The Hall–Kier alpha value is -1.46. The molecule has 1 aromatic carbocycles. The first-order valence-electron chi connectivity index (χ1n) is 6.18. The van der Waals surface area contributed by atoms with Crippen LogP contribution in [0.3, 0.4) is 0 Å². The van der Waals surface area contributed by atoms with Crippen LogP contribution in [-0.2, 0) is 6.54 Å².